The Morgan fingerprint density at radius 1 is 1.43 bits per heavy atom. The second-order valence-corrected chi connectivity index (χ2v) is 4.45. The number of carboxylic acids is 1. The smallest absolute Gasteiger partial charge is 0.338 e. The van der Waals surface area contributed by atoms with Crippen LogP contribution in [0.3, 0.4) is 0 Å². The lowest BCUT2D eigenvalue weighted by atomic mass is 10.1. The highest BCUT2D eigenvalue weighted by atomic mass is 16.6. The number of carbonyl (C=O) groups is 2. The van der Waals surface area contributed by atoms with Gasteiger partial charge in [-0.05, 0) is 19.4 Å². The molecule has 1 amide bonds. The van der Waals surface area contributed by atoms with E-state index in [0.717, 1.165) is 12.5 Å². The molecule has 1 aromatic rings. The molecule has 1 rings (SSSR count). The van der Waals surface area contributed by atoms with Crippen molar-refractivity contribution in [2.45, 2.75) is 26.3 Å². The molecule has 1 atom stereocenters. The van der Waals surface area contributed by atoms with Crippen LogP contribution in [0.2, 0.25) is 0 Å². The van der Waals surface area contributed by atoms with Gasteiger partial charge in [-0.2, -0.15) is 0 Å². The molecule has 8 heteroatoms. The minimum Gasteiger partial charge on any atom is -0.478 e. The Labute approximate surface area is 121 Å². The van der Waals surface area contributed by atoms with Gasteiger partial charge in [0.25, 0.3) is 5.69 Å². The number of carboxylic acid groups (broad SMARTS) is 1. The largest absolute Gasteiger partial charge is 0.478 e. The third kappa shape index (κ3) is 4.44. The van der Waals surface area contributed by atoms with Crippen molar-refractivity contribution in [3.8, 4) is 0 Å². The molecule has 1 unspecified atom stereocenters. The lowest BCUT2D eigenvalue weighted by molar-refractivity contribution is -0.384. The Kier molecular flexibility index (Phi) is 5.65. The quantitative estimate of drug-likeness (QED) is 0.519. The van der Waals surface area contributed by atoms with Crippen molar-refractivity contribution in [3.63, 3.8) is 0 Å². The number of nitrogens with zero attached hydrogens (tertiary/aromatic N) is 1. The number of amides is 1. The van der Waals surface area contributed by atoms with Gasteiger partial charge in [0.15, 0.2) is 0 Å². The first-order valence-corrected chi connectivity index (χ1v) is 6.42. The second-order valence-electron chi connectivity index (χ2n) is 4.45. The molecule has 0 aliphatic rings. The van der Waals surface area contributed by atoms with E-state index in [1.165, 1.54) is 12.1 Å². The summed E-state index contributed by atoms with van der Waals surface area (Å²) in [7, 11) is 0. The minimum atomic E-state index is -1.30. The number of non-ortho nitro benzene ring substituents is 1. The highest BCUT2D eigenvalue weighted by Crippen LogP contribution is 2.22. The Morgan fingerprint density at radius 2 is 2.10 bits per heavy atom. The molecule has 0 heterocycles. The van der Waals surface area contributed by atoms with E-state index in [4.69, 9.17) is 5.11 Å². The number of benzene rings is 1. The third-order valence-electron chi connectivity index (χ3n) is 2.76. The molecule has 0 spiro atoms. The average Bonchev–Trinajstić information content (AvgIpc) is 2.44. The first-order chi connectivity index (χ1) is 9.86. The maximum absolute atomic E-state index is 11.7. The molecule has 0 saturated heterocycles. The van der Waals surface area contributed by atoms with Gasteiger partial charge in [-0.15, -0.1) is 0 Å². The van der Waals surface area contributed by atoms with E-state index in [0.29, 0.717) is 6.54 Å². The molecule has 3 N–H and O–H groups in total. The van der Waals surface area contributed by atoms with Crippen LogP contribution in [0.15, 0.2) is 18.2 Å². The predicted molar refractivity (Wildman–Crippen MR) is 76.4 cm³/mol. The lowest BCUT2D eigenvalue weighted by Gasteiger charge is -2.16. The average molecular weight is 295 g/mol. The number of anilines is 1. The molecule has 0 aliphatic carbocycles. The number of nitro groups is 1. The van der Waals surface area contributed by atoms with Crippen LogP contribution < -0.4 is 10.6 Å². The molecular formula is C13H17N3O5. The molecular weight excluding hydrogens is 278 g/mol. The minimum absolute atomic E-state index is 0.159. The molecule has 0 aromatic heterocycles. The van der Waals surface area contributed by atoms with E-state index < -0.39 is 16.9 Å². The Morgan fingerprint density at radius 3 is 2.62 bits per heavy atom. The van der Waals surface area contributed by atoms with Crippen molar-refractivity contribution < 1.29 is 19.6 Å². The van der Waals surface area contributed by atoms with E-state index in [2.05, 4.69) is 10.6 Å². The lowest BCUT2D eigenvalue weighted by Crippen LogP contribution is -2.38. The number of nitro benzene ring substituents is 1. The molecule has 0 bridgehead atoms. The number of aromatic carboxylic acids is 1. The van der Waals surface area contributed by atoms with Gasteiger partial charge < -0.3 is 15.7 Å². The van der Waals surface area contributed by atoms with Crippen LogP contribution in [0.5, 0.6) is 0 Å². The molecule has 0 radical (unpaired) electrons. The van der Waals surface area contributed by atoms with Crippen LogP contribution in [0, 0.1) is 10.1 Å². The van der Waals surface area contributed by atoms with Gasteiger partial charge in [0.05, 0.1) is 10.5 Å². The Balaban J connectivity index is 2.94. The maximum atomic E-state index is 11.7. The van der Waals surface area contributed by atoms with E-state index in [9.17, 15) is 19.7 Å². The molecule has 0 fully saturated rings. The molecule has 1 aromatic carbocycles. The number of carbonyl (C=O) groups excluding carboxylic acids is 1. The van der Waals surface area contributed by atoms with Crippen LogP contribution in [0.4, 0.5) is 11.4 Å². The van der Waals surface area contributed by atoms with Gasteiger partial charge in [0, 0.05) is 24.4 Å². The summed E-state index contributed by atoms with van der Waals surface area (Å²) in [6.07, 6.45) is 0.788. The van der Waals surface area contributed by atoms with E-state index in [-0.39, 0.29) is 22.8 Å². The van der Waals surface area contributed by atoms with Gasteiger partial charge in [-0.1, -0.05) is 6.92 Å². The summed E-state index contributed by atoms with van der Waals surface area (Å²) in [6.45, 7) is 4.02. The highest BCUT2D eigenvalue weighted by Gasteiger charge is 2.19. The predicted octanol–water partition coefficient (Wildman–Crippen LogP) is 1.62. The summed E-state index contributed by atoms with van der Waals surface area (Å²) in [5, 5.41) is 25.2. The van der Waals surface area contributed by atoms with Crippen molar-refractivity contribution in [1.82, 2.24) is 5.32 Å². The number of rotatable bonds is 7. The summed E-state index contributed by atoms with van der Waals surface area (Å²) in [6, 6.07) is 2.77. The summed E-state index contributed by atoms with van der Waals surface area (Å²) in [5.74, 6) is -1.58. The van der Waals surface area contributed by atoms with E-state index in [1.807, 2.05) is 6.92 Å². The van der Waals surface area contributed by atoms with Crippen molar-refractivity contribution >= 4 is 23.3 Å². The Hall–Kier alpha value is -2.64. The topological polar surface area (TPSA) is 122 Å². The number of hydrogen-bond donors (Lipinski definition) is 3. The zero-order valence-electron chi connectivity index (χ0n) is 11.8. The standard InChI is InChI=1S/C13H17N3O5/c1-3-6-14-12(17)8(2)15-11-5-4-9(16(20)21)7-10(11)13(18)19/h4-5,7-8,15H,3,6H2,1-2H3,(H,14,17)(H,18,19). The van der Waals surface area contributed by atoms with Crippen LogP contribution in [0.1, 0.15) is 30.6 Å². The van der Waals surface area contributed by atoms with Crippen LogP contribution in [0.25, 0.3) is 0 Å². The fourth-order valence-corrected chi connectivity index (χ4v) is 1.65. The van der Waals surface area contributed by atoms with Gasteiger partial charge in [0.2, 0.25) is 5.91 Å². The van der Waals surface area contributed by atoms with Crippen molar-refractivity contribution in [1.29, 1.82) is 0 Å². The summed E-state index contributed by atoms with van der Waals surface area (Å²) >= 11 is 0. The summed E-state index contributed by atoms with van der Waals surface area (Å²) in [4.78, 5) is 32.9. The first-order valence-electron chi connectivity index (χ1n) is 6.42. The highest BCUT2D eigenvalue weighted by molar-refractivity contribution is 5.96. The molecule has 8 nitrogen and oxygen atoms in total. The van der Waals surface area contributed by atoms with E-state index in [1.54, 1.807) is 6.92 Å². The molecule has 0 aliphatic heterocycles. The maximum Gasteiger partial charge on any atom is 0.338 e. The number of hydrogen-bond acceptors (Lipinski definition) is 5. The van der Waals surface area contributed by atoms with Crippen molar-refractivity contribution in [2.24, 2.45) is 0 Å². The zero-order chi connectivity index (χ0) is 16.0. The SMILES string of the molecule is CCCNC(=O)C(C)Nc1ccc([N+](=O)[O-])cc1C(=O)O. The van der Waals surface area contributed by atoms with Crippen LogP contribution in [-0.2, 0) is 4.79 Å². The summed E-state index contributed by atoms with van der Waals surface area (Å²) < 4.78 is 0. The van der Waals surface area contributed by atoms with Gasteiger partial charge >= 0.3 is 5.97 Å². The van der Waals surface area contributed by atoms with Crippen molar-refractivity contribution in [2.75, 3.05) is 11.9 Å². The van der Waals surface area contributed by atoms with Gasteiger partial charge in [0.1, 0.15) is 6.04 Å². The molecule has 21 heavy (non-hydrogen) atoms. The summed E-state index contributed by atoms with van der Waals surface area (Å²) in [5.41, 5.74) is -0.410. The second kappa shape index (κ2) is 7.22. The fourth-order valence-electron chi connectivity index (χ4n) is 1.65. The fraction of sp³-hybridized carbons (Fsp3) is 0.385. The first kappa shape index (κ1) is 16.4. The third-order valence-corrected chi connectivity index (χ3v) is 2.76. The zero-order valence-corrected chi connectivity index (χ0v) is 11.8. The Bertz CT molecular complexity index is 559. The van der Waals surface area contributed by atoms with E-state index >= 15 is 0 Å². The molecule has 0 saturated carbocycles. The van der Waals surface area contributed by atoms with Gasteiger partial charge in [-0.25, -0.2) is 4.79 Å². The van der Waals surface area contributed by atoms with Crippen molar-refractivity contribution in [3.05, 3.63) is 33.9 Å². The van der Waals surface area contributed by atoms with Crippen LogP contribution in [-0.4, -0.2) is 34.5 Å². The molecule has 114 valence electrons. The number of nitrogens with one attached hydrogen (secondary N) is 2. The van der Waals surface area contributed by atoms with Crippen LogP contribution >= 0.6 is 0 Å². The normalized spacial score (nSPS) is 11.5. The van der Waals surface area contributed by atoms with Gasteiger partial charge in [-0.3, -0.25) is 14.9 Å². The monoisotopic (exact) mass is 295 g/mol.